The van der Waals surface area contributed by atoms with Crippen molar-refractivity contribution in [3.63, 3.8) is 0 Å². The van der Waals surface area contributed by atoms with Crippen LogP contribution in [0.25, 0.3) is 11.3 Å². The topological polar surface area (TPSA) is 63.8 Å². The number of hydrogen-bond donors (Lipinski definition) is 2. The molecule has 0 spiro atoms. The average molecular weight is 296 g/mol. The monoisotopic (exact) mass is 296 g/mol. The molecular weight excluding hydrogens is 281 g/mol. The van der Waals surface area contributed by atoms with E-state index in [4.69, 9.17) is 5.73 Å². The lowest BCUT2D eigenvalue weighted by Gasteiger charge is -2.09. The Balaban J connectivity index is 2.20. The van der Waals surface area contributed by atoms with E-state index < -0.39 is 11.7 Å². The maximum absolute atomic E-state index is 12.5. The van der Waals surface area contributed by atoms with Gasteiger partial charge < -0.3 is 5.73 Å². The van der Waals surface area contributed by atoms with Crippen LogP contribution in [0.5, 0.6) is 0 Å². The van der Waals surface area contributed by atoms with Crippen LogP contribution in [-0.2, 0) is 12.7 Å². The number of aromatic nitrogens is 2. The summed E-state index contributed by atoms with van der Waals surface area (Å²) < 4.78 is 37.5. The molecule has 7 heteroatoms. The molecule has 1 aromatic carbocycles. The maximum atomic E-state index is 12.5. The number of rotatable bonds is 4. The Labute approximate surface area is 120 Å². The minimum absolute atomic E-state index is 0.172. The highest BCUT2D eigenvalue weighted by Gasteiger charge is 2.29. The third-order valence-electron chi connectivity index (χ3n) is 2.84. The first-order valence-corrected chi connectivity index (χ1v) is 6.34. The van der Waals surface area contributed by atoms with Gasteiger partial charge >= 0.3 is 6.18 Å². The van der Waals surface area contributed by atoms with Crippen molar-refractivity contribution < 1.29 is 13.2 Å². The van der Waals surface area contributed by atoms with Gasteiger partial charge in [0.1, 0.15) is 6.33 Å². The summed E-state index contributed by atoms with van der Waals surface area (Å²) in [7, 11) is 0. The van der Waals surface area contributed by atoms with E-state index in [0.717, 1.165) is 17.8 Å². The van der Waals surface area contributed by atoms with Crippen molar-refractivity contribution in [3.05, 3.63) is 47.9 Å². The van der Waals surface area contributed by atoms with Gasteiger partial charge in [-0.15, -0.1) is 0 Å². The van der Waals surface area contributed by atoms with Crippen molar-refractivity contribution in [2.24, 2.45) is 5.73 Å². The molecule has 2 rings (SSSR count). The van der Waals surface area contributed by atoms with Crippen LogP contribution in [0.3, 0.4) is 0 Å². The van der Waals surface area contributed by atoms with E-state index in [0.29, 0.717) is 17.8 Å². The fourth-order valence-corrected chi connectivity index (χ4v) is 1.75. The predicted octanol–water partition coefficient (Wildman–Crippen LogP) is 2.56. The third kappa shape index (κ3) is 4.24. The molecule has 0 radical (unpaired) electrons. The van der Waals surface area contributed by atoms with Crippen LogP contribution in [0.15, 0.2) is 36.7 Å². The Morgan fingerprint density at radius 3 is 2.43 bits per heavy atom. The molecule has 0 aliphatic rings. The van der Waals surface area contributed by atoms with Gasteiger partial charge in [0.05, 0.1) is 23.1 Å². The van der Waals surface area contributed by atoms with Gasteiger partial charge in [-0.3, -0.25) is 5.32 Å². The van der Waals surface area contributed by atoms with E-state index in [9.17, 15) is 13.2 Å². The molecule has 1 atom stereocenters. The van der Waals surface area contributed by atoms with E-state index in [-0.39, 0.29) is 6.17 Å². The summed E-state index contributed by atoms with van der Waals surface area (Å²) in [6.45, 7) is 2.27. The zero-order chi connectivity index (χ0) is 15.5. The molecule has 21 heavy (non-hydrogen) atoms. The van der Waals surface area contributed by atoms with Crippen molar-refractivity contribution in [2.45, 2.75) is 25.8 Å². The van der Waals surface area contributed by atoms with Gasteiger partial charge in [0, 0.05) is 12.1 Å². The fourth-order valence-electron chi connectivity index (χ4n) is 1.75. The molecule has 0 bridgehead atoms. The molecule has 1 heterocycles. The lowest BCUT2D eigenvalue weighted by molar-refractivity contribution is -0.137. The molecule has 1 unspecified atom stereocenters. The quantitative estimate of drug-likeness (QED) is 0.851. The SMILES string of the molecule is CC(N)NCc1cc(-c2ccc(C(F)(F)F)cc2)ncn1. The lowest BCUT2D eigenvalue weighted by Crippen LogP contribution is -2.33. The smallest absolute Gasteiger partial charge is 0.316 e. The molecule has 0 fully saturated rings. The number of halogens is 3. The lowest BCUT2D eigenvalue weighted by atomic mass is 10.1. The van der Waals surface area contributed by atoms with Gasteiger partial charge in [-0.2, -0.15) is 13.2 Å². The van der Waals surface area contributed by atoms with Gasteiger partial charge in [0.2, 0.25) is 0 Å². The highest BCUT2D eigenvalue weighted by Crippen LogP contribution is 2.30. The van der Waals surface area contributed by atoms with Crippen LogP contribution in [-0.4, -0.2) is 16.1 Å². The van der Waals surface area contributed by atoms with Gasteiger partial charge in [0.15, 0.2) is 0 Å². The Kier molecular flexibility index (Phi) is 4.54. The van der Waals surface area contributed by atoms with Crippen LogP contribution < -0.4 is 11.1 Å². The number of alkyl halides is 3. The third-order valence-corrected chi connectivity index (χ3v) is 2.84. The van der Waals surface area contributed by atoms with Gasteiger partial charge in [-0.05, 0) is 25.1 Å². The van der Waals surface area contributed by atoms with Crippen LogP contribution in [0.4, 0.5) is 13.2 Å². The second-order valence-electron chi connectivity index (χ2n) is 4.64. The van der Waals surface area contributed by atoms with Crippen molar-refractivity contribution >= 4 is 0 Å². The van der Waals surface area contributed by atoms with Gasteiger partial charge in [-0.25, -0.2) is 9.97 Å². The molecule has 3 N–H and O–H groups in total. The number of nitrogens with zero attached hydrogens (tertiary/aromatic N) is 2. The highest BCUT2D eigenvalue weighted by molar-refractivity contribution is 5.59. The average Bonchev–Trinajstić information content (AvgIpc) is 2.45. The first kappa shape index (κ1) is 15.4. The molecular formula is C14H15F3N4. The van der Waals surface area contributed by atoms with Crippen LogP contribution in [0.1, 0.15) is 18.2 Å². The molecule has 1 aromatic heterocycles. The minimum atomic E-state index is -4.34. The van der Waals surface area contributed by atoms with Crippen molar-refractivity contribution in [2.75, 3.05) is 0 Å². The zero-order valence-corrected chi connectivity index (χ0v) is 11.4. The Morgan fingerprint density at radius 2 is 1.86 bits per heavy atom. The van der Waals surface area contributed by atoms with Gasteiger partial charge in [0.25, 0.3) is 0 Å². The molecule has 0 amide bonds. The predicted molar refractivity (Wildman–Crippen MR) is 73.0 cm³/mol. The summed E-state index contributed by atoms with van der Waals surface area (Å²) in [6.07, 6.45) is -3.13. The largest absolute Gasteiger partial charge is 0.416 e. The molecule has 2 aromatic rings. The molecule has 4 nitrogen and oxygen atoms in total. The fraction of sp³-hybridized carbons (Fsp3) is 0.286. The zero-order valence-electron chi connectivity index (χ0n) is 11.4. The molecule has 0 saturated heterocycles. The summed E-state index contributed by atoms with van der Waals surface area (Å²) in [5, 5.41) is 3.01. The van der Waals surface area contributed by atoms with E-state index in [1.807, 2.05) is 0 Å². The number of nitrogens with one attached hydrogen (secondary N) is 1. The van der Waals surface area contributed by atoms with Crippen molar-refractivity contribution in [1.82, 2.24) is 15.3 Å². The number of benzene rings is 1. The second-order valence-corrected chi connectivity index (χ2v) is 4.64. The van der Waals surface area contributed by atoms with Gasteiger partial charge in [-0.1, -0.05) is 12.1 Å². The van der Waals surface area contributed by atoms with Crippen molar-refractivity contribution in [3.8, 4) is 11.3 Å². The summed E-state index contributed by atoms with van der Waals surface area (Å²) >= 11 is 0. The van der Waals surface area contributed by atoms with Crippen molar-refractivity contribution in [1.29, 1.82) is 0 Å². The first-order valence-electron chi connectivity index (χ1n) is 6.34. The van der Waals surface area contributed by atoms with E-state index in [1.54, 1.807) is 13.0 Å². The first-order chi connectivity index (χ1) is 9.86. The number of hydrogen-bond acceptors (Lipinski definition) is 4. The standard InChI is InChI=1S/C14H15F3N4/c1-9(18)19-7-12-6-13(21-8-20-12)10-2-4-11(5-3-10)14(15,16)17/h2-6,8-9,19H,7,18H2,1H3. The summed E-state index contributed by atoms with van der Waals surface area (Å²) in [4.78, 5) is 8.16. The Morgan fingerprint density at radius 1 is 1.19 bits per heavy atom. The van der Waals surface area contributed by atoms with E-state index in [2.05, 4.69) is 15.3 Å². The molecule has 0 aliphatic heterocycles. The molecule has 112 valence electrons. The molecule has 0 aliphatic carbocycles. The van der Waals surface area contributed by atoms with Crippen LogP contribution in [0, 0.1) is 0 Å². The van der Waals surface area contributed by atoms with Crippen LogP contribution >= 0.6 is 0 Å². The van der Waals surface area contributed by atoms with E-state index >= 15 is 0 Å². The van der Waals surface area contributed by atoms with Crippen LogP contribution in [0.2, 0.25) is 0 Å². The summed E-state index contributed by atoms with van der Waals surface area (Å²) in [6, 6.07) is 6.59. The summed E-state index contributed by atoms with van der Waals surface area (Å²) in [5.41, 5.74) is 6.80. The number of nitrogens with two attached hydrogens (primary N) is 1. The second kappa shape index (κ2) is 6.19. The Bertz CT molecular complexity index is 594. The highest BCUT2D eigenvalue weighted by atomic mass is 19.4. The Hall–Kier alpha value is -1.99. The van der Waals surface area contributed by atoms with E-state index in [1.165, 1.54) is 18.5 Å². The molecule has 0 saturated carbocycles. The summed E-state index contributed by atoms with van der Waals surface area (Å²) in [5.74, 6) is 0. The normalized spacial score (nSPS) is 13.2. The maximum Gasteiger partial charge on any atom is 0.416 e. The minimum Gasteiger partial charge on any atom is -0.316 e.